The van der Waals surface area contributed by atoms with Crippen molar-refractivity contribution in [2.75, 3.05) is 37.2 Å². The minimum absolute atomic E-state index is 0.00414. The van der Waals surface area contributed by atoms with Crippen LogP contribution < -0.4 is 9.62 Å². The molecule has 2 aromatic rings. The maximum Gasteiger partial charge on any atom is 0.236 e. The lowest BCUT2D eigenvalue weighted by atomic mass is 10.2. The summed E-state index contributed by atoms with van der Waals surface area (Å²) in [5, 5.41) is 3.83. The molecule has 0 fully saturated rings. The number of guanidine groups is 1. The maximum absolute atomic E-state index is 12.8. The Kier molecular flexibility index (Phi) is 6.20. The van der Waals surface area contributed by atoms with E-state index in [0.717, 1.165) is 23.4 Å². The summed E-state index contributed by atoms with van der Waals surface area (Å²) in [6.45, 7) is 1.39. The summed E-state index contributed by atoms with van der Waals surface area (Å²) < 4.78 is 29.1. The van der Waals surface area contributed by atoms with Gasteiger partial charge in [0.05, 0.1) is 23.0 Å². The lowest BCUT2D eigenvalue weighted by Crippen LogP contribution is -2.42. The van der Waals surface area contributed by atoms with Crippen molar-refractivity contribution in [3.05, 3.63) is 52.8 Å². The monoisotopic (exact) mass is 423 g/mol. The van der Waals surface area contributed by atoms with E-state index in [1.54, 1.807) is 7.05 Å². The van der Waals surface area contributed by atoms with Crippen molar-refractivity contribution in [1.29, 1.82) is 0 Å². The second-order valence-corrected chi connectivity index (χ2v) is 9.31. The number of hydrogen-bond acceptors (Lipinski definition) is 3. The maximum atomic E-state index is 12.8. The largest absolute Gasteiger partial charge is 0.355 e. The number of anilines is 1. The molecule has 0 saturated carbocycles. The molecule has 1 aromatic heterocycles. The zero-order valence-corrected chi connectivity index (χ0v) is 18.0. The minimum Gasteiger partial charge on any atom is -0.355 e. The standard InChI is InChI=1S/C19H26ClN5O2S/c1-21-19(24(3)14-17-12-16(20)13-23(17)2)22-9-11-28(26,27)25-10-8-15-6-4-5-7-18(15)25/h4-7,12-13H,8-11,14H2,1-3H3,(H,21,22). The zero-order chi connectivity index (χ0) is 20.3. The molecule has 9 heteroatoms. The van der Waals surface area contributed by atoms with Crippen LogP contribution in [-0.2, 0) is 30.0 Å². The Morgan fingerprint density at radius 2 is 2.11 bits per heavy atom. The van der Waals surface area contributed by atoms with Crippen molar-refractivity contribution in [2.24, 2.45) is 12.0 Å². The average Bonchev–Trinajstić information content (AvgIpc) is 3.22. The van der Waals surface area contributed by atoms with Crippen LogP contribution in [0.4, 0.5) is 5.69 Å². The number of aliphatic imine (C=N–C) groups is 1. The molecule has 0 atom stereocenters. The summed E-state index contributed by atoms with van der Waals surface area (Å²) in [5.41, 5.74) is 2.91. The quantitative estimate of drug-likeness (QED) is 0.570. The van der Waals surface area contributed by atoms with E-state index in [1.165, 1.54) is 4.31 Å². The van der Waals surface area contributed by atoms with Crippen molar-refractivity contribution in [3.8, 4) is 0 Å². The third kappa shape index (κ3) is 4.44. The molecule has 1 aliphatic heterocycles. The van der Waals surface area contributed by atoms with Crippen molar-refractivity contribution in [3.63, 3.8) is 0 Å². The molecule has 0 radical (unpaired) electrons. The van der Waals surface area contributed by atoms with Crippen LogP contribution in [0.2, 0.25) is 5.02 Å². The molecule has 152 valence electrons. The lowest BCUT2D eigenvalue weighted by molar-refractivity contribution is 0.463. The number of aryl methyl sites for hydroxylation is 1. The number of halogens is 1. The summed E-state index contributed by atoms with van der Waals surface area (Å²) >= 11 is 6.04. The van der Waals surface area contributed by atoms with Gasteiger partial charge in [0.25, 0.3) is 0 Å². The van der Waals surface area contributed by atoms with Crippen molar-refractivity contribution in [1.82, 2.24) is 14.8 Å². The third-order valence-electron chi connectivity index (χ3n) is 4.87. The fourth-order valence-electron chi connectivity index (χ4n) is 3.42. The average molecular weight is 424 g/mol. The molecule has 1 aliphatic rings. The molecular weight excluding hydrogens is 398 g/mol. The van der Waals surface area contributed by atoms with E-state index in [-0.39, 0.29) is 12.3 Å². The van der Waals surface area contributed by atoms with Crippen LogP contribution in [0, 0.1) is 0 Å². The van der Waals surface area contributed by atoms with E-state index in [1.807, 2.05) is 60.1 Å². The van der Waals surface area contributed by atoms with Gasteiger partial charge in [-0.25, -0.2) is 8.42 Å². The summed E-state index contributed by atoms with van der Waals surface area (Å²) in [5.74, 6) is 0.638. The Labute approximate surface area is 171 Å². The molecule has 0 saturated heterocycles. The first-order valence-corrected chi connectivity index (χ1v) is 11.1. The fourth-order valence-corrected chi connectivity index (χ4v) is 5.12. The van der Waals surface area contributed by atoms with Gasteiger partial charge in [0.15, 0.2) is 5.96 Å². The van der Waals surface area contributed by atoms with Crippen LogP contribution >= 0.6 is 11.6 Å². The SMILES string of the molecule is CN=C(NCCS(=O)(=O)N1CCc2ccccc21)N(C)Cc1cc(Cl)cn1C. The van der Waals surface area contributed by atoms with E-state index < -0.39 is 10.0 Å². The van der Waals surface area contributed by atoms with Gasteiger partial charge in [0.1, 0.15) is 0 Å². The van der Waals surface area contributed by atoms with E-state index in [9.17, 15) is 8.42 Å². The van der Waals surface area contributed by atoms with Gasteiger partial charge in [0.2, 0.25) is 10.0 Å². The van der Waals surface area contributed by atoms with Crippen molar-refractivity contribution >= 4 is 33.3 Å². The van der Waals surface area contributed by atoms with Gasteiger partial charge in [-0.1, -0.05) is 29.8 Å². The van der Waals surface area contributed by atoms with Gasteiger partial charge in [-0.2, -0.15) is 0 Å². The molecule has 0 aliphatic carbocycles. The summed E-state index contributed by atoms with van der Waals surface area (Å²) in [7, 11) is 2.13. The van der Waals surface area contributed by atoms with Crippen molar-refractivity contribution in [2.45, 2.75) is 13.0 Å². The highest BCUT2D eigenvalue weighted by molar-refractivity contribution is 7.92. The number of aromatic nitrogens is 1. The predicted molar refractivity (Wildman–Crippen MR) is 115 cm³/mol. The summed E-state index contributed by atoms with van der Waals surface area (Å²) in [6.07, 6.45) is 2.61. The first-order chi connectivity index (χ1) is 13.3. The smallest absolute Gasteiger partial charge is 0.236 e. The first kappa shape index (κ1) is 20.5. The number of benzene rings is 1. The molecular formula is C19H26ClN5O2S. The Morgan fingerprint density at radius 3 is 2.79 bits per heavy atom. The Bertz CT molecular complexity index is 970. The topological polar surface area (TPSA) is 69.9 Å². The Hall–Kier alpha value is -2.19. The van der Waals surface area contributed by atoms with E-state index in [2.05, 4.69) is 10.3 Å². The van der Waals surface area contributed by atoms with Gasteiger partial charge in [-0.15, -0.1) is 0 Å². The highest BCUT2D eigenvalue weighted by Gasteiger charge is 2.28. The zero-order valence-electron chi connectivity index (χ0n) is 16.4. The molecule has 3 rings (SSSR count). The predicted octanol–water partition coefficient (Wildman–Crippen LogP) is 2.08. The molecule has 1 N–H and O–H groups in total. The van der Waals surface area contributed by atoms with Gasteiger partial charge >= 0.3 is 0 Å². The number of nitrogens with one attached hydrogen (secondary N) is 1. The van der Waals surface area contributed by atoms with Crippen LogP contribution in [0.5, 0.6) is 0 Å². The van der Waals surface area contributed by atoms with Crippen LogP contribution in [-0.4, -0.2) is 56.8 Å². The molecule has 0 spiro atoms. The first-order valence-electron chi connectivity index (χ1n) is 9.12. The molecule has 0 unspecified atom stereocenters. The van der Waals surface area contributed by atoms with Crippen LogP contribution in [0.25, 0.3) is 0 Å². The lowest BCUT2D eigenvalue weighted by Gasteiger charge is -2.23. The van der Waals surface area contributed by atoms with Gasteiger partial charge in [-0.3, -0.25) is 9.30 Å². The van der Waals surface area contributed by atoms with E-state index >= 15 is 0 Å². The number of sulfonamides is 1. The van der Waals surface area contributed by atoms with Gasteiger partial charge in [0, 0.05) is 46.1 Å². The van der Waals surface area contributed by atoms with Gasteiger partial charge in [-0.05, 0) is 24.1 Å². The normalized spacial score (nSPS) is 14.3. The number of rotatable bonds is 6. The minimum atomic E-state index is -3.39. The van der Waals surface area contributed by atoms with Crippen LogP contribution in [0.3, 0.4) is 0 Å². The van der Waals surface area contributed by atoms with E-state index in [4.69, 9.17) is 11.6 Å². The molecule has 0 amide bonds. The number of fused-ring (bicyclic) bond motifs is 1. The highest BCUT2D eigenvalue weighted by Crippen LogP contribution is 2.29. The summed E-state index contributed by atoms with van der Waals surface area (Å²) in [4.78, 5) is 6.19. The van der Waals surface area contributed by atoms with Crippen LogP contribution in [0.15, 0.2) is 41.5 Å². The third-order valence-corrected chi connectivity index (χ3v) is 6.85. The fraction of sp³-hybridized carbons (Fsp3) is 0.421. The van der Waals surface area contributed by atoms with Gasteiger partial charge < -0.3 is 14.8 Å². The Morgan fingerprint density at radius 1 is 1.36 bits per heavy atom. The molecule has 28 heavy (non-hydrogen) atoms. The number of nitrogens with zero attached hydrogens (tertiary/aromatic N) is 4. The highest BCUT2D eigenvalue weighted by atomic mass is 35.5. The van der Waals surface area contributed by atoms with Crippen molar-refractivity contribution < 1.29 is 8.42 Å². The van der Waals surface area contributed by atoms with E-state index in [0.29, 0.717) is 24.1 Å². The number of para-hydroxylation sites is 1. The molecule has 0 bridgehead atoms. The number of hydrogen-bond donors (Lipinski definition) is 1. The summed E-state index contributed by atoms with van der Waals surface area (Å²) in [6, 6.07) is 9.56. The van der Waals surface area contributed by atoms with Crippen LogP contribution in [0.1, 0.15) is 11.3 Å². The second-order valence-electron chi connectivity index (χ2n) is 6.86. The molecule has 7 nitrogen and oxygen atoms in total. The Balaban J connectivity index is 1.58. The molecule has 2 heterocycles. The molecule has 1 aromatic carbocycles. The second kappa shape index (κ2) is 8.45.